The normalized spacial score (nSPS) is 12.3. The standard InChI is InChI=1S/C65H36F12N6/c66-62(67,68)44-24-28-46(51(34-44)64(72,73)74)41-21-26-48-49-27-22-42(47-29-25-45(63(69,70)71)35-52(47)65(75,76)77)33-57(49)83(56(48)32-41)55-30-23-43(54-36-53(37-13-5-1-6-14-37)78-58(79-54)38-15-7-2-8-16-38)31-50(55)61-81-59(39-17-9-3-10-18-39)80-60(82-61)40-19-11-4-12-20-40/h1-36H. The highest BCUT2D eigenvalue weighted by Crippen LogP contribution is 2.47. The van der Waals surface area contributed by atoms with Crippen LogP contribution >= 0.6 is 0 Å². The van der Waals surface area contributed by atoms with Crippen molar-refractivity contribution in [2.45, 2.75) is 24.7 Å². The molecule has 18 heteroatoms. The fraction of sp³-hybridized carbons (Fsp3) is 0.0615. The number of aromatic nitrogens is 6. The lowest BCUT2D eigenvalue weighted by Gasteiger charge is -2.18. The molecule has 0 amide bonds. The maximum Gasteiger partial charge on any atom is 0.417 e. The fourth-order valence-corrected chi connectivity index (χ4v) is 10.1. The van der Waals surface area contributed by atoms with E-state index in [2.05, 4.69) is 0 Å². The van der Waals surface area contributed by atoms with Crippen molar-refractivity contribution in [2.24, 2.45) is 0 Å². The number of rotatable bonds is 9. The maximum absolute atomic E-state index is 15.0. The number of benzene rings is 9. The first-order valence-corrected chi connectivity index (χ1v) is 25.3. The summed E-state index contributed by atoms with van der Waals surface area (Å²) in [5.74, 6) is 0.806. The molecule has 6 nitrogen and oxygen atoms in total. The molecule has 9 aromatic carbocycles. The van der Waals surface area contributed by atoms with E-state index in [1.165, 1.54) is 36.4 Å². The second-order valence-electron chi connectivity index (χ2n) is 19.3. The summed E-state index contributed by atoms with van der Waals surface area (Å²) in [6.07, 6.45) is -20.9. The van der Waals surface area contributed by atoms with Gasteiger partial charge in [0.1, 0.15) is 0 Å². The van der Waals surface area contributed by atoms with Gasteiger partial charge in [0.15, 0.2) is 23.3 Å². The molecule has 0 aliphatic rings. The Kier molecular flexibility index (Phi) is 13.3. The van der Waals surface area contributed by atoms with E-state index in [4.69, 9.17) is 24.9 Å². The Bertz CT molecular complexity index is 4180. The van der Waals surface area contributed by atoms with Gasteiger partial charge in [0, 0.05) is 44.2 Å². The minimum atomic E-state index is -5.29. The second kappa shape index (κ2) is 20.5. The van der Waals surface area contributed by atoms with E-state index in [0.717, 1.165) is 17.7 Å². The SMILES string of the molecule is FC(F)(F)c1ccc(-c2ccc3c4ccc(-c5ccc(C(F)(F)F)cc5C(F)(F)F)cc4n(-c4ccc(-c5cc(-c6ccccc6)nc(-c6ccccc6)n5)cc4-c4nc(-c5ccccc5)nc(-c5ccccc5)n4)c3c2)c(C(F)(F)F)c1. The van der Waals surface area contributed by atoms with Gasteiger partial charge in [-0.2, -0.15) is 52.7 Å². The quantitative estimate of drug-likeness (QED) is 0.135. The van der Waals surface area contributed by atoms with Crippen LogP contribution in [0.5, 0.6) is 0 Å². The highest BCUT2D eigenvalue weighted by molar-refractivity contribution is 6.12. The van der Waals surface area contributed by atoms with E-state index < -0.39 is 58.1 Å². The highest BCUT2D eigenvalue weighted by Gasteiger charge is 2.40. The van der Waals surface area contributed by atoms with Crippen LogP contribution in [0.25, 0.3) is 118 Å². The molecule has 0 saturated carbocycles. The predicted molar refractivity (Wildman–Crippen MR) is 293 cm³/mol. The summed E-state index contributed by atoms with van der Waals surface area (Å²) in [5, 5.41) is 0.631. The average molecular weight is 1130 g/mol. The van der Waals surface area contributed by atoms with Gasteiger partial charge in [0.05, 0.1) is 50.4 Å². The lowest BCUT2D eigenvalue weighted by atomic mass is 9.95. The van der Waals surface area contributed by atoms with Gasteiger partial charge in [-0.15, -0.1) is 0 Å². The van der Waals surface area contributed by atoms with Crippen LogP contribution in [0.15, 0.2) is 218 Å². The van der Waals surface area contributed by atoms with Crippen LogP contribution in [-0.4, -0.2) is 29.5 Å². The molecule has 0 bridgehead atoms. The van der Waals surface area contributed by atoms with Gasteiger partial charge in [-0.3, -0.25) is 0 Å². The minimum Gasteiger partial charge on any atom is -0.308 e. The van der Waals surface area contributed by atoms with E-state index in [0.29, 0.717) is 62.4 Å². The average Bonchev–Trinajstić information content (AvgIpc) is 2.88. The Hall–Kier alpha value is -9.97. The van der Waals surface area contributed by atoms with Gasteiger partial charge < -0.3 is 4.57 Å². The lowest BCUT2D eigenvalue weighted by molar-refractivity contribution is -0.144. The van der Waals surface area contributed by atoms with E-state index in [-0.39, 0.29) is 63.0 Å². The van der Waals surface area contributed by atoms with Crippen molar-refractivity contribution in [1.82, 2.24) is 29.5 Å². The van der Waals surface area contributed by atoms with Crippen LogP contribution in [0.2, 0.25) is 0 Å². The topological polar surface area (TPSA) is 69.4 Å². The monoisotopic (exact) mass is 1130 g/mol. The number of nitrogens with zero attached hydrogens (tertiary/aromatic N) is 6. The zero-order chi connectivity index (χ0) is 58.0. The summed E-state index contributed by atoms with van der Waals surface area (Å²) in [7, 11) is 0. The maximum atomic E-state index is 15.0. The largest absolute Gasteiger partial charge is 0.417 e. The Morgan fingerprint density at radius 3 is 1.05 bits per heavy atom. The summed E-state index contributed by atoms with van der Waals surface area (Å²) in [6.45, 7) is 0. The lowest BCUT2D eigenvalue weighted by Crippen LogP contribution is -2.12. The van der Waals surface area contributed by atoms with Crippen LogP contribution < -0.4 is 0 Å². The predicted octanol–water partition coefficient (Wildman–Crippen LogP) is 19.2. The van der Waals surface area contributed by atoms with Crippen molar-refractivity contribution < 1.29 is 52.7 Å². The smallest absolute Gasteiger partial charge is 0.308 e. The molecule has 0 saturated heterocycles. The van der Waals surface area contributed by atoms with Crippen LogP contribution in [-0.2, 0) is 24.7 Å². The second-order valence-corrected chi connectivity index (χ2v) is 19.3. The van der Waals surface area contributed by atoms with E-state index in [1.807, 2.05) is 60.7 Å². The van der Waals surface area contributed by atoms with Crippen molar-refractivity contribution in [1.29, 1.82) is 0 Å². The number of fused-ring (bicyclic) bond motifs is 3. The zero-order valence-corrected chi connectivity index (χ0v) is 42.5. The van der Waals surface area contributed by atoms with Crippen LogP contribution in [0.4, 0.5) is 52.7 Å². The number of halogens is 12. The zero-order valence-electron chi connectivity index (χ0n) is 42.5. The molecule has 0 aliphatic heterocycles. The Morgan fingerprint density at radius 1 is 0.265 bits per heavy atom. The number of hydrogen-bond donors (Lipinski definition) is 0. The molecule has 3 aromatic heterocycles. The van der Waals surface area contributed by atoms with Gasteiger partial charge in [0.25, 0.3) is 0 Å². The first-order valence-electron chi connectivity index (χ1n) is 25.3. The van der Waals surface area contributed by atoms with Crippen LogP contribution in [0.3, 0.4) is 0 Å². The molecule has 410 valence electrons. The van der Waals surface area contributed by atoms with Crippen molar-refractivity contribution in [3.63, 3.8) is 0 Å². The number of hydrogen-bond acceptors (Lipinski definition) is 5. The summed E-state index contributed by atoms with van der Waals surface area (Å²) in [5.41, 5.74) is -3.28. The molecule has 83 heavy (non-hydrogen) atoms. The van der Waals surface area contributed by atoms with Gasteiger partial charge in [-0.05, 0) is 76.9 Å². The third kappa shape index (κ3) is 10.5. The first-order chi connectivity index (χ1) is 39.7. The van der Waals surface area contributed by atoms with E-state index >= 15 is 0 Å². The van der Waals surface area contributed by atoms with Crippen molar-refractivity contribution in [2.75, 3.05) is 0 Å². The van der Waals surface area contributed by atoms with E-state index in [9.17, 15) is 52.7 Å². The van der Waals surface area contributed by atoms with Gasteiger partial charge in [-0.1, -0.05) is 164 Å². The first kappa shape index (κ1) is 53.7. The molecule has 0 N–H and O–H groups in total. The molecule has 12 aromatic rings. The van der Waals surface area contributed by atoms with Crippen molar-refractivity contribution in [3.05, 3.63) is 241 Å². The molecule has 0 spiro atoms. The van der Waals surface area contributed by atoms with E-state index in [1.54, 1.807) is 89.5 Å². The van der Waals surface area contributed by atoms with Gasteiger partial charge in [0.2, 0.25) is 0 Å². The van der Waals surface area contributed by atoms with Crippen molar-refractivity contribution >= 4 is 21.8 Å². The van der Waals surface area contributed by atoms with Crippen LogP contribution in [0, 0.1) is 0 Å². The third-order valence-corrected chi connectivity index (χ3v) is 14.0. The molecule has 0 radical (unpaired) electrons. The molecule has 12 rings (SSSR count). The highest BCUT2D eigenvalue weighted by atomic mass is 19.4. The minimum absolute atomic E-state index is 0.0233. The Balaban J connectivity index is 1.20. The third-order valence-electron chi connectivity index (χ3n) is 14.0. The molecule has 0 aliphatic carbocycles. The molecule has 3 heterocycles. The molecular formula is C65H36F12N6. The summed E-state index contributed by atoms with van der Waals surface area (Å²) in [4.78, 5) is 25.0. The van der Waals surface area contributed by atoms with Gasteiger partial charge >= 0.3 is 24.7 Å². The van der Waals surface area contributed by atoms with Crippen LogP contribution in [0.1, 0.15) is 22.3 Å². The molecule has 0 unspecified atom stereocenters. The summed E-state index contributed by atoms with van der Waals surface area (Å²) in [6, 6.07) is 53.9. The molecular weight excluding hydrogens is 1090 g/mol. The Labute approximate surface area is 463 Å². The Morgan fingerprint density at radius 2 is 0.639 bits per heavy atom. The van der Waals surface area contributed by atoms with Crippen molar-refractivity contribution in [3.8, 4) is 96.0 Å². The molecule has 0 fully saturated rings. The number of alkyl halides is 12. The summed E-state index contributed by atoms with van der Waals surface area (Å²) >= 11 is 0. The fourth-order valence-electron chi connectivity index (χ4n) is 10.1. The summed E-state index contributed by atoms with van der Waals surface area (Å²) < 4.78 is 175. The van der Waals surface area contributed by atoms with Gasteiger partial charge in [-0.25, -0.2) is 24.9 Å². The molecule has 0 atom stereocenters.